The SMILES string of the molecule is O=C1CC2CCCC(C1)N2C1CC1c1ccccc1. The predicted molar refractivity (Wildman–Crippen MR) is 75.1 cm³/mol. The molecule has 4 atom stereocenters. The number of carbonyl (C=O) groups excluding carboxylic acids is 1. The van der Waals surface area contributed by atoms with Crippen LogP contribution in [0.5, 0.6) is 0 Å². The first-order valence-electron chi connectivity index (χ1n) is 7.67. The second-order valence-corrected chi connectivity index (χ2v) is 6.45. The molecule has 0 N–H and O–H groups in total. The third-order valence-electron chi connectivity index (χ3n) is 5.21. The van der Waals surface area contributed by atoms with E-state index in [0.717, 1.165) is 18.8 Å². The second kappa shape index (κ2) is 4.45. The molecule has 1 aliphatic carbocycles. The molecule has 3 fully saturated rings. The molecule has 1 aromatic rings. The van der Waals surface area contributed by atoms with Crippen LogP contribution >= 0.6 is 0 Å². The fraction of sp³-hybridized carbons (Fsp3) is 0.588. The average Bonchev–Trinajstić information content (AvgIpc) is 3.19. The summed E-state index contributed by atoms with van der Waals surface area (Å²) in [5.74, 6) is 1.22. The molecule has 1 aromatic carbocycles. The van der Waals surface area contributed by atoms with Crippen molar-refractivity contribution in [2.75, 3.05) is 0 Å². The van der Waals surface area contributed by atoms with Gasteiger partial charge in [-0.3, -0.25) is 9.69 Å². The van der Waals surface area contributed by atoms with Gasteiger partial charge in [-0.1, -0.05) is 36.8 Å². The lowest BCUT2D eigenvalue weighted by Crippen LogP contribution is -2.53. The molecule has 2 nitrogen and oxygen atoms in total. The quantitative estimate of drug-likeness (QED) is 0.809. The Kier molecular flexibility index (Phi) is 2.73. The van der Waals surface area contributed by atoms with Crippen molar-refractivity contribution in [3.05, 3.63) is 35.9 Å². The molecule has 0 radical (unpaired) electrons. The summed E-state index contributed by atoms with van der Waals surface area (Å²) in [7, 11) is 0. The molecule has 3 aliphatic rings. The van der Waals surface area contributed by atoms with Crippen LogP contribution in [0.15, 0.2) is 30.3 Å². The fourth-order valence-corrected chi connectivity index (χ4v) is 4.32. The Morgan fingerprint density at radius 1 is 1.00 bits per heavy atom. The van der Waals surface area contributed by atoms with Crippen molar-refractivity contribution in [3.63, 3.8) is 0 Å². The van der Waals surface area contributed by atoms with Crippen molar-refractivity contribution >= 4 is 5.78 Å². The van der Waals surface area contributed by atoms with Gasteiger partial charge in [0.25, 0.3) is 0 Å². The first kappa shape index (κ1) is 11.7. The lowest BCUT2D eigenvalue weighted by molar-refractivity contribution is -0.127. The zero-order valence-electron chi connectivity index (χ0n) is 11.3. The summed E-state index contributed by atoms with van der Waals surface area (Å²) < 4.78 is 0. The molecule has 2 heteroatoms. The summed E-state index contributed by atoms with van der Waals surface area (Å²) in [6.45, 7) is 0. The Labute approximate surface area is 114 Å². The molecule has 1 saturated carbocycles. The van der Waals surface area contributed by atoms with Crippen molar-refractivity contribution in [1.82, 2.24) is 4.90 Å². The van der Waals surface area contributed by atoms with Gasteiger partial charge in [-0.15, -0.1) is 0 Å². The van der Waals surface area contributed by atoms with Gasteiger partial charge in [0.05, 0.1) is 0 Å². The third kappa shape index (κ3) is 2.02. The van der Waals surface area contributed by atoms with E-state index in [1.807, 2.05) is 0 Å². The Balaban J connectivity index is 1.53. The molecule has 2 heterocycles. The van der Waals surface area contributed by atoms with E-state index in [9.17, 15) is 4.79 Å². The first-order chi connectivity index (χ1) is 9.33. The molecular formula is C17H21NO. The van der Waals surface area contributed by atoms with Crippen LogP contribution in [0.3, 0.4) is 0 Å². The van der Waals surface area contributed by atoms with Crippen molar-refractivity contribution in [3.8, 4) is 0 Å². The number of Topliss-reactive ketones (excluding diaryl/α,β-unsaturated/α-hetero) is 1. The zero-order chi connectivity index (χ0) is 12.8. The highest BCUT2D eigenvalue weighted by Gasteiger charge is 2.50. The minimum Gasteiger partial charge on any atom is -0.300 e. The number of fused-ring (bicyclic) bond motifs is 2. The van der Waals surface area contributed by atoms with E-state index in [0.29, 0.717) is 23.9 Å². The highest BCUT2D eigenvalue weighted by molar-refractivity contribution is 5.80. The maximum absolute atomic E-state index is 11.8. The molecule has 4 rings (SSSR count). The summed E-state index contributed by atoms with van der Waals surface area (Å²) in [4.78, 5) is 14.5. The Morgan fingerprint density at radius 2 is 1.68 bits per heavy atom. The van der Waals surface area contributed by atoms with Crippen molar-refractivity contribution in [2.45, 2.75) is 62.6 Å². The number of piperidine rings is 2. The van der Waals surface area contributed by atoms with Crippen LogP contribution in [0, 0.1) is 0 Å². The van der Waals surface area contributed by atoms with E-state index in [1.165, 1.54) is 31.2 Å². The molecule has 0 amide bonds. The molecule has 0 spiro atoms. The van der Waals surface area contributed by atoms with Gasteiger partial charge in [-0.2, -0.15) is 0 Å². The number of hydrogen-bond donors (Lipinski definition) is 0. The third-order valence-corrected chi connectivity index (χ3v) is 5.21. The van der Waals surface area contributed by atoms with Gasteiger partial charge >= 0.3 is 0 Å². The van der Waals surface area contributed by atoms with Crippen LogP contribution in [0.25, 0.3) is 0 Å². The number of ketones is 1. The van der Waals surface area contributed by atoms with Crippen LogP contribution in [0.2, 0.25) is 0 Å². The topological polar surface area (TPSA) is 20.3 Å². The van der Waals surface area contributed by atoms with Gasteiger partial charge < -0.3 is 0 Å². The number of nitrogens with zero attached hydrogens (tertiary/aromatic N) is 1. The fourth-order valence-electron chi connectivity index (χ4n) is 4.32. The molecule has 2 saturated heterocycles. The van der Waals surface area contributed by atoms with Gasteiger partial charge in [-0.25, -0.2) is 0 Å². The summed E-state index contributed by atoms with van der Waals surface area (Å²) in [5, 5.41) is 0. The van der Waals surface area contributed by atoms with Gasteiger partial charge in [0, 0.05) is 36.9 Å². The minimum atomic E-state index is 0.503. The van der Waals surface area contributed by atoms with Crippen LogP contribution in [-0.2, 0) is 4.79 Å². The van der Waals surface area contributed by atoms with E-state index in [-0.39, 0.29) is 0 Å². The van der Waals surface area contributed by atoms with E-state index < -0.39 is 0 Å². The Hall–Kier alpha value is -1.15. The standard InChI is InChI=1S/C17H21NO/c19-15-9-13-7-4-8-14(10-15)18(13)17-11-16(17)12-5-2-1-3-6-12/h1-3,5-6,13-14,16-17H,4,7-11H2. The lowest BCUT2D eigenvalue weighted by Gasteiger charge is -2.46. The van der Waals surface area contributed by atoms with E-state index >= 15 is 0 Å². The summed E-state index contributed by atoms with van der Waals surface area (Å²) in [6, 6.07) is 12.7. The van der Waals surface area contributed by atoms with Crippen LogP contribution in [0.1, 0.15) is 50.0 Å². The van der Waals surface area contributed by atoms with E-state index in [1.54, 1.807) is 0 Å². The highest BCUT2D eigenvalue weighted by Crippen LogP contribution is 2.49. The largest absolute Gasteiger partial charge is 0.300 e. The van der Waals surface area contributed by atoms with E-state index in [4.69, 9.17) is 0 Å². The molecule has 100 valence electrons. The first-order valence-corrected chi connectivity index (χ1v) is 7.67. The van der Waals surface area contributed by atoms with Crippen molar-refractivity contribution in [1.29, 1.82) is 0 Å². The Morgan fingerprint density at radius 3 is 2.37 bits per heavy atom. The maximum atomic E-state index is 11.8. The van der Waals surface area contributed by atoms with Gasteiger partial charge in [0.1, 0.15) is 5.78 Å². The van der Waals surface area contributed by atoms with E-state index in [2.05, 4.69) is 35.2 Å². The number of benzene rings is 1. The predicted octanol–water partition coefficient (Wildman–Crippen LogP) is 3.13. The second-order valence-electron chi connectivity index (χ2n) is 6.45. The van der Waals surface area contributed by atoms with Crippen LogP contribution in [-0.4, -0.2) is 28.8 Å². The summed E-state index contributed by atoms with van der Waals surface area (Å²) in [5.41, 5.74) is 1.49. The summed E-state index contributed by atoms with van der Waals surface area (Å²) >= 11 is 0. The van der Waals surface area contributed by atoms with Crippen molar-refractivity contribution < 1.29 is 4.79 Å². The summed E-state index contributed by atoms with van der Waals surface area (Å²) in [6.07, 6.45) is 6.72. The average molecular weight is 255 g/mol. The monoisotopic (exact) mass is 255 g/mol. The van der Waals surface area contributed by atoms with Crippen molar-refractivity contribution in [2.24, 2.45) is 0 Å². The normalized spacial score (nSPS) is 38.2. The highest BCUT2D eigenvalue weighted by atomic mass is 16.1. The molecule has 0 aromatic heterocycles. The molecule has 2 aliphatic heterocycles. The molecule has 4 unspecified atom stereocenters. The molecular weight excluding hydrogens is 234 g/mol. The Bertz CT molecular complexity index is 467. The van der Waals surface area contributed by atoms with Gasteiger partial charge in [0.15, 0.2) is 0 Å². The van der Waals surface area contributed by atoms with Crippen LogP contribution in [0.4, 0.5) is 0 Å². The number of carbonyl (C=O) groups is 1. The van der Waals surface area contributed by atoms with Gasteiger partial charge in [-0.05, 0) is 24.8 Å². The maximum Gasteiger partial charge on any atom is 0.136 e. The molecule has 2 bridgehead atoms. The smallest absolute Gasteiger partial charge is 0.136 e. The molecule has 19 heavy (non-hydrogen) atoms. The lowest BCUT2D eigenvalue weighted by atomic mass is 9.83. The van der Waals surface area contributed by atoms with Crippen LogP contribution < -0.4 is 0 Å². The number of hydrogen-bond acceptors (Lipinski definition) is 2. The number of rotatable bonds is 2. The van der Waals surface area contributed by atoms with Gasteiger partial charge in [0.2, 0.25) is 0 Å². The minimum absolute atomic E-state index is 0.503. The zero-order valence-corrected chi connectivity index (χ0v) is 11.3.